The second-order valence-electron chi connectivity index (χ2n) is 5.11. The molecule has 0 unspecified atom stereocenters. The zero-order valence-electron chi connectivity index (χ0n) is 12.6. The van der Waals surface area contributed by atoms with E-state index in [9.17, 15) is 9.59 Å². The average molecular weight is 322 g/mol. The van der Waals surface area contributed by atoms with Gasteiger partial charge in [0, 0.05) is 18.0 Å². The first kappa shape index (κ1) is 15.4. The molecule has 0 saturated heterocycles. The minimum Gasteiger partial charge on any atom is -0.477 e. The summed E-state index contributed by atoms with van der Waals surface area (Å²) in [5, 5.41) is 13.1. The van der Waals surface area contributed by atoms with Gasteiger partial charge in [-0.2, -0.15) is 5.10 Å². The third kappa shape index (κ3) is 3.64. The zero-order valence-corrected chi connectivity index (χ0v) is 12.6. The molecular weight excluding hydrogens is 308 g/mol. The van der Waals surface area contributed by atoms with E-state index < -0.39 is 11.5 Å². The highest BCUT2D eigenvalue weighted by Crippen LogP contribution is 2.06. The summed E-state index contributed by atoms with van der Waals surface area (Å²) in [6.45, 7) is 0.664. The predicted octanol–water partition coefficient (Wildman–Crippen LogP) is 1.88. The van der Waals surface area contributed by atoms with Gasteiger partial charge in [0.2, 0.25) is 0 Å². The SMILES string of the molecule is O=C(O)c1cnc(/C=C/c2cnn(Cc3ccccc3)c2)[nH]c1=O. The fourth-order valence-electron chi connectivity index (χ4n) is 2.14. The molecule has 3 rings (SSSR count). The summed E-state index contributed by atoms with van der Waals surface area (Å²) in [4.78, 5) is 28.7. The van der Waals surface area contributed by atoms with Crippen molar-refractivity contribution in [3.05, 3.63) is 81.8 Å². The molecule has 2 aromatic heterocycles. The van der Waals surface area contributed by atoms with Gasteiger partial charge in [0.1, 0.15) is 11.4 Å². The van der Waals surface area contributed by atoms with Crippen molar-refractivity contribution in [3.8, 4) is 0 Å². The Morgan fingerprint density at radius 2 is 2.00 bits per heavy atom. The lowest BCUT2D eigenvalue weighted by Gasteiger charge is -2.00. The van der Waals surface area contributed by atoms with Gasteiger partial charge in [0.25, 0.3) is 5.56 Å². The number of hydrogen-bond donors (Lipinski definition) is 2. The molecule has 0 spiro atoms. The van der Waals surface area contributed by atoms with E-state index in [1.54, 1.807) is 23.0 Å². The summed E-state index contributed by atoms with van der Waals surface area (Å²) < 4.78 is 1.80. The van der Waals surface area contributed by atoms with E-state index in [-0.39, 0.29) is 11.4 Å². The van der Waals surface area contributed by atoms with Crippen LogP contribution in [0.4, 0.5) is 0 Å². The standard InChI is InChI=1S/C17H14N4O3/c22-16-14(17(23)24)9-18-15(20-16)7-6-13-8-19-21(11-13)10-12-4-2-1-3-5-12/h1-9,11H,10H2,(H,23,24)(H,18,20,22)/b7-6+. The van der Waals surface area contributed by atoms with Gasteiger partial charge in [-0.15, -0.1) is 0 Å². The van der Waals surface area contributed by atoms with Gasteiger partial charge in [0.05, 0.1) is 12.7 Å². The number of H-pyrrole nitrogens is 1. The molecule has 1 aromatic carbocycles. The number of carbonyl (C=O) groups is 1. The van der Waals surface area contributed by atoms with E-state index in [1.165, 1.54) is 0 Å². The van der Waals surface area contributed by atoms with Crippen molar-refractivity contribution in [3.63, 3.8) is 0 Å². The van der Waals surface area contributed by atoms with Gasteiger partial charge >= 0.3 is 5.97 Å². The highest BCUT2D eigenvalue weighted by Gasteiger charge is 2.08. The Morgan fingerprint density at radius 1 is 1.21 bits per heavy atom. The van der Waals surface area contributed by atoms with Crippen molar-refractivity contribution in [2.45, 2.75) is 6.54 Å². The van der Waals surface area contributed by atoms with E-state index in [0.717, 1.165) is 17.3 Å². The van der Waals surface area contributed by atoms with Crippen molar-refractivity contribution < 1.29 is 9.90 Å². The molecule has 7 heteroatoms. The molecule has 0 fully saturated rings. The van der Waals surface area contributed by atoms with E-state index >= 15 is 0 Å². The van der Waals surface area contributed by atoms with E-state index in [2.05, 4.69) is 15.1 Å². The van der Waals surface area contributed by atoms with Crippen molar-refractivity contribution in [1.29, 1.82) is 0 Å². The lowest BCUT2D eigenvalue weighted by Crippen LogP contribution is -2.18. The number of aromatic amines is 1. The van der Waals surface area contributed by atoms with Gasteiger partial charge < -0.3 is 10.1 Å². The van der Waals surface area contributed by atoms with E-state index in [1.807, 2.05) is 36.5 Å². The summed E-state index contributed by atoms with van der Waals surface area (Å²) >= 11 is 0. The highest BCUT2D eigenvalue weighted by atomic mass is 16.4. The molecule has 0 atom stereocenters. The molecule has 2 heterocycles. The summed E-state index contributed by atoms with van der Waals surface area (Å²) in [7, 11) is 0. The van der Waals surface area contributed by atoms with Gasteiger partial charge in [-0.05, 0) is 17.7 Å². The maximum Gasteiger partial charge on any atom is 0.342 e. The molecule has 0 aliphatic carbocycles. The quantitative estimate of drug-likeness (QED) is 0.747. The number of nitrogens with zero attached hydrogens (tertiary/aromatic N) is 3. The zero-order chi connectivity index (χ0) is 16.9. The van der Waals surface area contributed by atoms with Crippen LogP contribution in [0.5, 0.6) is 0 Å². The van der Waals surface area contributed by atoms with Crippen LogP contribution >= 0.6 is 0 Å². The van der Waals surface area contributed by atoms with Crippen LogP contribution in [0.25, 0.3) is 12.2 Å². The number of nitrogens with one attached hydrogen (secondary N) is 1. The molecule has 3 aromatic rings. The van der Waals surface area contributed by atoms with Crippen LogP contribution < -0.4 is 5.56 Å². The van der Waals surface area contributed by atoms with Gasteiger partial charge in [-0.25, -0.2) is 9.78 Å². The van der Waals surface area contributed by atoms with Crippen molar-refractivity contribution in [1.82, 2.24) is 19.7 Å². The highest BCUT2D eigenvalue weighted by molar-refractivity contribution is 5.86. The summed E-state index contributed by atoms with van der Waals surface area (Å²) in [5.74, 6) is -1.03. The maximum atomic E-state index is 11.6. The molecule has 120 valence electrons. The number of carboxylic acid groups (broad SMARTS) is 1. The van der Waals surface area contributed by atoms with Crippen molar-refractivity contribution in [2.24, 2.45) is 0 Å². The molecule has 0 aliphatic heterocycles. The molecule has 0 radical (unpaired) electrons. The summed E-state index contributed by atoms with van der Waals surface area (Å²) in [6, 6.07) is 9.96. The second kappa shape index (κ2) is 6.74. The molecule has 7 nitrogen and oxygen atoms in total. The van der Waals surface area contributed by atoms with Crippen LogP contribution in [-0.2, 0) is 6.54 Å². The third-order valence-electron chi connectivity index (χ3n) is 3.32. The van der Waals surface area contributed by atoms with Crippen molar-refractivity contribution >= 4 is 18.1 Å². The van der Waals surface area contributed by atoms with E-state index in [0.29, 0.717) is 6.54 Å². The van der Waals surface area contributed by atoms with Gasteiger partial charge in [-0.1, -0.05) is 30.3 Å². The molecule has 24 heavy (non-hydrogen) atoms. The first-order valence-corrected chi connectivity index (χ1v) is 7.19. The van der Waals surface area contributed by atoms with Gasteiger partial charge in [-0.3, -0.25) is 9.48 Å². The van der Waals surface area contributed by atoms with Crippen LogP contribution in [-0.4, -0.2) is 30.8 Å². The Labute approximate surface area is 136 Å². The van der Waals surface area contributed by atoms with E-state index in [4.69, 9.17) is 5.11 Å². The number of benzene rings is 1. The summed E-state index contributed by atoms with van der Waals surface area (Å²) in [6.07, 6.45) is 7.94. The largest absolute Gasteiger partial charge is 0.477 e. The average Bonchev–Trinajstić information content (AvgIpc) is 3.01. The minimum atomic E-state index is -1.30. The lowest BCUT2D eigenvalue weighted by molar-refractivity contribution is 0.0694. The predicted molar refractivity (Wildman–Crippen MR) is 88.5 cm³/mol. The minimum absolute atomic E-state index is 0.279. The van der Waals surface area contributed by atoms with Crippen LogP contribution in [0.15, 0.2) is 53.7 Å². The van der Waals surface area contributed by atoms with Crippen LogP contribution in [0, 0.1) is 0 Å². The smallest absolute Gasteiger partial charge is 0.342 e. The fourth-order valence-corrected chi connectivity index (χ4v) is 2.14. The van der Waals surface area contributed by atoms with Crippen LogP contribution in [0.1, 0.15) is 27.3 Å². The van der Waals surface area contributed by atoms with Crippen LogP contribution in [0.3, 0.4) is 0 Å². The number of rotatable bonds is 5. The Kier molecular flexibility index (Phi) is 4.33. The third-order valence-corrected chi connectivity index (χ3v) is 3.32. The topological polar surface area (TPSA) is 101 Å². The molecule has 2 N–H and O–H groups in total. The monoisotopic (exact) mass is 322 g/mol. The van der Waals surface area contributed by atoms with Crippen LogP contribution in [0.2, 0.25) is 0 Å². The molecule has 0 saturated carbocycles. The Morgan fingerprint density at radius 3 is 2.71 bits per heavy atom. The Hall–Kier alpha value is -3.48. The maximum absolute atomic E-state index is 11.6. The second-order valence-corrected chi connectivity index (χ2v) is 5.11. The summed E-state index contributed by atoms with van der Waals surface area (Å²) in [5.41, 5.74) is 0.919. The normalized spacial score (nSPS) is 11.0. The lowest BCUT2D eigenvalue weighted by atomic mass is 10.2. The Balaban J connectivity index is 1.72. The molecule has 0 aliphatic rings. The molecule has 0 bridgehead atoms. The van der Waals surface area contributed by atoms with Gasteiger partial charge in [0.15, 0.2) is 0 Å². The molecule has 0 amide bonds. The number of hydrogen-bond acceptors (Lipinski definition) is 4. The number of carboxylic acids is 1. The van der Waals surface area contributed by atoms with Crippen molar-refractivity contribution in [2.75, 3.05) is 0 Å². The molecular formula is C17H14N4O3. The first-order chi connectivity index (χ1) is 11.6. The number of aromatic carboxylic acids is 1. The Bertz CT molecular complexity index is 942. The number of aromatic nitrogens is 4. The first-order valence-electron chi connectivity index (χ1n) is 7.19. The fraction of sp³-hybridized carbons (Fsp3) is 0.0588.